The quantitative estimate of drug-likeness (QED) is 0.910. The Balaban J connectivity index is 2.19. The van der Waals surface area contributed by atoms with E-state index in [0.717, 1.165) is 24.1 Å². The number of nitrogens with zero attached hydrogens (tertiary/aromatic N) is 1. The van der Waals surface area contributed by atoms with Crippen LogP contribution >= 0.6 is 0 Å². The molecule has 0 atom stereocenters. The predicted molar refractivity (Wildman–Crippen MR) is 87.5 cm³/mol. The molecular formula is C18H22N2O. The molecule has 1 saturated carbocycles. The number of nitrogen functional groups attached to an aromatic ring is 1. The van der Waals surface area contributed by atoms with Gasteiger partial charge in [0.2, 0.25) is 0 Å². The lowest BCUT2D eigenvalue weighted by atomic mass is 10.0. The second-order valence-corrected chi connectivity index (χ2v) is 6.09. The molecule has 0 amide bonds. The van der Waals surface area contributed by atoms with Crippen LogP contribution in [0.4, 0.5) is 5.69 Å². The first-order valence-electron chi connectivity index (χ1n) is 7.66. The first kappa shape index (κ1) is 13.9. The monoisotopic (exact) mass is 282 g/mol. The summed E-state index contributed by atoms with van der Waals surface area (Å²) in [5.41, 5.74) is 10.8. The molecule has 0 unspecified atom stereocenters. The number of anilines is 1. The first-order chi connectivity index (χ1) is 10.1. The summed E-state index contributed by atoms with van der Waals surface area (Å²) in [6.45, 7) is 4.21. The normalized spacial score (nSPS) is 15.5. The van der Waals surface area contributed by atoms with Gasteiger partial charge >= 0.3 is 0 Å². The van der Waals surface area contributed by atoms with Gasteiger partial charge < -0.3 is 10.3 Å². The number of rotatable bonds is 2. The van der Waals surface area contributed by atoms with Crippen LogP contribution in [0.25, 0.3) is 11.3 Å². The number of aromatic nitrogens is 1. The van der Waals surface area contributed by atoms with Gasteiger partial charge in [0.05, 0.1) is 11.4 Å². The van der Waals surface area contributed by atoms with Crippen molar-refractivity contribution in [2.75, 3.05) is 5.73 Å². The van der Waals surface area contributed by atoms with Crippen LogP contribution in [0.1, 0.15) is 42.9 Å². The molecule has 0 saturated heterocycles. The largest absolute Gasteiger partial charge is 0.394 e. The Labute approximate surface area is 125 Å². The molecule has 21 heavy (non-hydrogen) atoms. The Kier molecular flexibility index (Phi) is 3.58. The summed E-state index contributed by atoms with van der Waals surface area (Å²) in [7, 11) is 0. The lowest BCUT2D eigenvalue weighted by Gasteiger charge is -2.20. The predicted octanol–water partition coefficient (Wildman–Crippen LogP) is 3.83. The van der Waals surface area contributed by atoms with E-state index in [-0.39, 0.29) is 11.6 Å². The Morgan fingerprint density at radius 2 is 1.76 bits per heavy atom. The topological polar surface area (TPSA) is 48.0 Å². The highest BCUT2D eigenvalue weighted by atomic mass is 16.1. The Morgan fingerprint density at radius 1 is 1.05 bits per heavy atom. The molecule has 3 rings (SSSR count). The third kappa shape index (κ3) is 2.48. The lowest BCUT2D eigenvalue weighted by molar-refractivity contribution is 0.509. The zero-order valence-corrected chi connectivity index (χ0v) is 12.7. The van der Waals surface area contributed by atoms with E-state index in [2.05, 4.69) is 32.0 Å². The fourth-order valence-electron chi connectivity index (χ4n) is 3.23. The van der Waals surface area contributed by atoms with Crippen LogP contribution in [-0.2, 0) is 0 Å². The van der Waals surface area contributed by atoms with Gasteiger partial charge in [0.15, 0.2) is 0 Å². The standard InChI is InChI=1S/C18H22N2O/c1-12-7-8-14(11-13(12)2)17-10-9-16(19)18(21)20(17)15-5-3-4-6-15/h7-11,15H,3-6,19H2,1-2H3. The molecule has 110 valence electrons. The van der Waals surface area contributed by atoms with Gasteiger partial charge in [-0.3, -0.25) is 4.79 Å². The fourth-order valence-corrected chi connectivity index (χ4v) is 3.23. The minimum atomic E-state index is -0.0439. The number of pyridine rings is 1. The van der Waals surface area contributed by atoms with Gasteiger partial charge in [-0.05, 0) is 61.6 Å². The second-order valence-electron chi connectivity index (χ2n) is 6.09. The van der Waals surface area contributed by atoms with E-state index in [1.807, 2.05) is 10.6 Å². The van der Waals surface area contributed by atoms with Crippen LogP contribution in [0.2, 0.25) is 0 Å². The van der Waals surface area contributed by atoms with Crippen LogP contribution < -0.4 is 11.3 Å². The smallest absolute Gasteiger partial charge is 0.274 e. The average molecular weight is 282 g/mol. The van der Waals surface area contributed by atoms with Gasteiger partial charge in [-0.1, -0.05) is 25.0 Å². The van der Waals surface area contributed by atoms with Gasteiger partial charge in [-0.15, -0.1) is 0 Å². The fraction of sp³-hybridized carbons (Fsp3) is 0.389. The molecule has 3 heteroatoms. The van der Waals surface area contributed by atoms with Gasteiger partial charge in [0.25, 0.3) is 5.56 Å². The first-order valence-corrected chi connectivity index (χ1v) is 7.66. The van der Waals surface area contributed by atoms with Crippen molar-refractivity contribution in [3.63, 3.8) is 0 Å². The summed E-state index contributed by atoms with van der Waals surface area (Å²) in [5, 5.41) is 0. The highest BCUT2D eigenvalue weighted by molar-refractivity contribution is 5.63. The summed E-state index contributed by atoms with van der Waals surface area (Å²) in [6, 6.07) is 10.4. The van der Waals surface area contributed by atoms with Gasteiger partial charge in [0.1, 0.15) is 0 Å². The Bertz CT molecular complexity index is 724. The van der Waals surface area contributed by atoms with E-state index in [1.165, 1.54) is 24.0 Å². The Morgan fingerprint density at radius 3 is 2.43 bits per heavy atom. The molecular weight excluding hydrogens is 260 g/mol. The zero-order valence-electron chi connectivity index (χ0n) is 12.7. The highest BCUT2D eigenvalue weighted by Gasteiger charge is 2.21. The summed E-state index contributed by atoms with van der Waals surface area (Å²) in [6.07, 6.45) is 4.53. The molecule has 3 nitrogen and oxygen atoms in total. The molecule has 0 radical (unpaired) electrons. The number of aryl methyl sites for hydroxylation is 2. The van der Waals surface area contributed by atoms with Crippen LogP contribution in [0.3, 0.4) is 0 Å². The highest BCUT2D eigenvalue weighted by Crippen LogP contribution is 2.33. The molecule has 0 spiro atoms. The second kappa shape index (κ2) is 5.40. The molecule has 1 aliphatic rings. The summed E-state index contributed by atoms with van der Waals surface area (Å²) >= 11 is 0. The molecule has 0 bridgehead atoms. The Hall–Kier alpha value is -2.03. The van der Waals surface area contributed by atoms with Crippen LogP contribution in [-0.4, -0.2) is 4.57 Å². The van der Waals surface area contributed by atoms with E-state index in [9.17, 15) is 4.79 Å². The molecule has 1 aromatic carbocycles. The maximum Gasteiger partial charge on any atom is 0.274 e. The SMILES string of the molecule is Cc1ccc(-c2ccc(N)c(=O)n2C2CCCC2)cc1C. The summed E-state index contributed by atoms with van der Waals surface area (Å²) < 4.78 is 1.92. The number of benzene rings is 1. The maximum atomic E-state index is 12.5. The van der Waals surface area contributed by atoms with Crippen molar-refractivity contribution < 1.29 is 0 Å². The van der Waals surface area contributed by atoms with Crippen molar-refractivity contribution in [1.29, 1.82) is 0 Å². The van der Waals surface area contributed by atoms with E-state index < -0.39 is 0 Å². The van der Waals surface area contributed by atoms with Crippen LogP contribution in [0, 0.1) is 13.8 Å². The minimum Gasteiger partial charge on any atom is -0.394 e. The lowest BCUT2D eigenvalue weighted by Crippen LogP contribution is -2.27. The number of nitrogens with two attached hydrogens (primary N) is 1. The maximum absolute atomic E-state index is 12.5. The van der Waals surface area contributed by atoms with Crippen LogP contribution in [0.15, 0.2) is 35.1 Å². The molecule has 1 aromatic heterocycles. The summed E-state index contributed by atoms with van der Waals surface area (Å²) in [5.74, 6) is 0. The van der Waals surface area contributed by atoms with Crippen molar-refractivity contribution in [2.45, 2.75) is 45.6 Å². The van der Waals surface area contributed by atoms with Gasteiger partial charge in [-0.2, -0.15) is 0 Å². The molecule has 1 aliphatic carbocycles. The zero-order chi connectivity index (χ0) is 15.0. The average Bonchev–Trinajstić information content (AvgIpc) is 2.98. The molecule has 2 N–H and O–H groups in total. The molecule has 1 heterocycles. The van der Waals surface area contributed by atoms with Crippen molar-refractivity contribution in [3.8, 4) is 11.3 Å². The third-order valence-electron chi connectivity index (χ3n) is 4.64. The van der Waals surface area contributed by atoms with Gasteiger partial charge in [-0.25, -0.2) is 0 Å². The van der Waals surface area contributed by atoms with E-state index in [0.29, 0.717) is 5.69 Å². The van der Waals surface area contributed by atoms with E-state index in [1.54, 1.807) is 6.07 Å². The number of hydrogen-bond donors (Lipinski definition) is 1. The van der Waals surface area contributed by atoms with Crippen molar-refractivity contribution in [2.24, 2.45) is 0 Å². The van der Waals surface area contributed by atoms with Crippen molar-refractivity contribution in [3.05, 3.63) is 51.8 Å². The molecule has 0 aliphatic heterocycles. The third-order valence-corrected chi connectivity index (χ3v) is 4.64. The van der Waals surface area contributed by atoms with Crippen molar-refractivity contribution >= 4 is 5.69 Å². The van der Waals surface area contributed by atoms with Crippen molar-refractivity contribution in [1.82, 2.24) is 4.57 Å². The van der Waals surface area contributed by atoms with Crippen LogP contribution in [0.5, 0.6) is 0 Å². The minimum absolute atomic E-state index is 0.0439. The van der Waals surface area contributed by atoms with Gasteiger partial charge in [0, 0.05) is 6.04 Å². The molecule has 1 fully saturated rings. The van der Waals surface area contributed by atoms with E-state index in [4.69, 9.17) is 5.73 Å². The molecule has 2 aromatic rings. The van der Waals surface area contributed by atoms with E-state index >= 15 is 0 Å². The number of hydrogen-bond acceptors (Lipinski definition) is 2. The summed E-state index contributed by atoms with van der Waals surface area (Å²) in [4.78, 5) is 12.5.